The maximum absolute atomic E-state index is 13.1. The molecule has 0 aliphatic rings. The topological polar surface area (TPSA) is 126 Å². The SMILES string of the molecule is CP(=O)(CCc1cc(Cl)c(N[C@@H](Cc2ccn(S(C)(=O)=O)c2)C(=O)O)c(Cl)c1)c1cccc(O)c1. The predicted octanol–water partition coefficient (Wildman–Crippen LogP) is 4.28. The van der Waals surface area contributed by atoms with Gasteiger partial charge >= 0.3 is 5.97 Å². The average Bonchev–Trinajstić information content (AvgIpc) is 3.23. The Morgan fingerprint density at radius 3 is 2.34 bits per heavy atom. The molecule has 0 amide bonds. The molecule has 3 aromatic rings. The van der Waals surface area contributed by atoms with Gasteiger partial charge in [0.05, 0.1) is 22.0 Å². The third kappa shape index (κ3) is 7.04. The second-order valence-electron chi connectivity index (χ2n) is 8.38. The fourth-order valence-electron chi connectivity index (χ4n) is 3.52. The van der Waals surface area contributed by atoms with Crippen molar-refractivity contribution < 1.29 is 28.0 Å². The van der Waals surface area contributed by atoms with Gasteiger partial charge in [-0.15, -0.1) is 0 Å². The summed E-state index contributed by atoms with van der Waals surface area (Å²) in [5, 5.41) is 23.2. The smallest absolute Gasteiger partial charge is 0.326 e. The fraction of sp³-hybridized carbons (Fsp3) is 0.261. The second-order valence-corrected chi connectivity index (χ2v) is 14.2. The number of carbonyl (C=O) groups is 1. The van der Waals surface area contributed by atoms with Gasteiger partial charge in [-0.3, -0.25) is 3.97 Å². The monoisotopic (exact) mass is 558 g/mol. The first-order valence-corrected chi connectivity index (χ1v) is 15.4. The number of carboxylic acids is 1. The molecule has 12 heteroatoms. The molecule has 0 bridgehead atoms. The fourth-order valence-corrected chi connectivity index (χ4v) is 6.52. The molecule has 0 spiro atoms. The standard InChI is InChI=1S/C23H25Cl2N2O6PS/c1-34(31,18-5-3-4-17(28)13-18)9-7-15-10-19(24)22(20(25)11-15)26-21(23(29)30)12-16-6-8-27(14-16)35(2,32)33/h3-6,8,10-11,13-14,21,26,28H,7,9,12H2,1-2H3,(H,29,30)/t21-,34?/m0/s1. The number of rotatable bonds is 10. The number of aromatic hydroxyl groups is 1. The third-order valence-electron chi connectivity index (χ3n) is 5.47. The molecule has 0 saturated heterocycles. The Labute approximate surface area is 213 Å². The summed E-state index contributed by atoms with van der Waals surface area (Å²) in [6.07, 6.45) is 4.48. The first kappa shape index (κ1) is 27.1. The van der Waals surface area contributed by atoms with E-state index in [0.29, 0.717) is 23.5 Å². The van der Waals surface area contributed by atoms with Gasteiger partial charge in [0.1, 0.15) is 18.9 Å². The van der Waals surface area contributed by atoms with Gasteiger partial charge in [-0.2, -0.15) is 0 Å². The van der Waals surface area contributed by atoms with Crippen LogP contribution in [0.4, 0.5) is 5.69 Å². The molecule has 2 aromatic carbocycles. The summed E-state index contributed by atoms with van der Waals surface area (Å²) in [6, 6.07) is 10.0. The van der Waals surface area contributed by atoms with Gasteiger partial charge in [0.15, 0.2) is 0 Å². The van der Waals surface area contributed by atoms with E-state index in [-0.39, 0.29) is 27.9 Å². The molecule has 188 valence electrons. The van der Waals surface area contributed by atoms with Crippen LogP contribution in [0.25, 0.3) is 0 Å². The Bertz CT molecular complexity index is 1380. The molecule has 0 aliphatic heterocycles. The zero-order valence-corrected chi connectivity index (χ0v) is 22.2. The van der Waals surface area contributed by atoms with Crippen LogP contribution in [-0.4, -0.2) is 53.7 Å². The number of benzene rings is 2. The number of nitrogens with zero attached hydrogens (tertiary/aromatic N) is 1. The molecule has 8 nitrogen and oxygen atoms in total. The molecule has 1 aromatic heterocycles. The number of hydrogen-bond donors (Lipinski definition) is 3. The summed E-state index contributed by atoms with van der Waals surface area (Å²) in [5.41, 5.74) is 1.47. The number of halogens is 2. The molecular weight excluding hydrogens is 534 g/mol. The van der Waals surface area contributed by atoms with Crippen LogP contribution in [0.1, 0.15) is 11.1 Å². The Morgan fingerprint density at radius 2 is 1.80 bits per heavy atom. The lowest BCUT2D eigenvalue weighted by atomic mass is 10.1. The van der Waals surface area contributed by atoms with Crippen molar-refractivity contribution in [2.24, 2.45) is 0 Å². The number of nitrogens with one attached hydrogen (secondary N) is 1. The number of anilines is 1. The summed E-state index contributed by atoms with van der Waals surface area (Å²) in [5.74, 6) is -1.11. The summed E-state index contributed by atoms with van der Waals surface area (Å²) >= 11 is 12.8. The molecule has 1 unspecified atom stereocenters. The average molecular weight is 559 g/mol. The van der Waals surface area contributed by atoms with Crippen LogP contribution in [0.3, 0.4) is 0 Å². The van der Waals surface area contributed by atoms with E-state index in [1.807, 2.05) is 0 Å². The van der Waals surface area contributed by atoms with Crippen LogP contribution in [0, 0.1) is 0 Å². The van der Waals surface area contributed by atoms with Gasteiger partial charge in [-0.1, -0.05) is 35.3 Å². The molecule has 2 atom stereocenters. The zero-order valence-electron chi connectivity index (χ0n) is 19.0. The van der Waals surface area contributed by atoms with Crippen molar-refractivity contribution in [2.75, 3.05) is 24.4 Å². The highest BCUT2D eigenvalue weighted by atomic mass is 35.5. The largest absolute Gasteiger partial charge is 0.508 e. The highest BCUT2D eigenvalue weighted by molar-refractivity contribution is 7.89. The van der Waals surface area contributed by atoms with E-state index >= 15 is 0 Å². The van der Waals surface area contributed by atoms with E-state index in [1.165, 1.54) is 30.6 Å². The number of aromatic nitrogens is 1. The highest BCUT2D eigenvalue weighted by Crippen LogP contribution is 2.42. The lowest BCUT2D eigenvalue weighted by Crippen LogP contribution is -2.31. The third-order valence-corrected chi connectivity index (χ3v) is 9.51. The first-order chi connectivity index (χ1) is 16.3. The number of phenols is 1. The van der Waals surface area contributed by atoms with Crippen molar-refractivity contribution in [1.29, 1.82) is 0 Å². The summed E-state index contributed by atoms with van der Waals surface area (Å²) < 4.78 is 37.5. The van der Waals surface area contributed by atoms with Gasteiger partial charge in [-0.25, -0.2) is 13.2 Å². The Kier molecular flexibility index (Phi) is 8.27. The minimum atomic E-state index is -3.48. The number of hydrogen-bond acceptors (Lipinski definition) is 6. The molecular formula is C23H25Cl2N2O6PS. The van der Waals surface area contributed by atoms with Crippen LogP contribution in [-0.2, 0) is 32.2 Å². The van der Waals surface area contributed by atoms with Crippen molar-refractivity contribution in [2.45, 2.75) is 18.9 Å². The van der Waals surface area contributed by atoms with Gasteiger partial charge in [0.25, 0.3) is 0 Å². The van der Waals surface area contributed by atoms with Crippen LogP contribution in [0.15, 0.2) is 54.9 Å². The maximum Gasteiger partial charge on any atom is 0.326 e. The molecule has 35 heavy (non-hydrogen) atoms. The van der Waals surface area contributed by atoms with Crippen molar-refractivity contribution in [3.05, 3.63) is 76.0 Å². The molecule has 0 aliphatic carbocycles. The van der Waals surface area contributed by atoms with Gasteiger partial charge < -0.3 is 20.1 Å². The maximum atomic E-state index is 13.1. The zero-order chi connectivity index (χ0) is 26.0. The molecule has 0 radical (unpaired) electrons. The van der Waals surface area contributed by atoms with Crippen LogP contribution < -0.4 is 10.6 Å². The van der Waals surface area contributed by atoms with Crippen molar-refractivity contribution in [1.82, 2.24) is 3.97 Å². The Morgan fingerprint density at radius 1 is 1.14 bits per heavy atom. The van der Waals surface area contributed by atoms with Crippen LogP contribution in [0.2, 0.25) is 10.0 Å². The van der Waals surface area contributed by atoms with Crippen LogP contribution in [0.5, 0.6) is 5.75 Å². The minimum Gasteiger partial charge on any atom is -0.508 e. The van der Waals surface area contributed by atoms with Gasteiger partial charge in [-0.05, 0) is 54.5 Å². The summed E-state index contributed by atoms with van der Waals surface area (Å²) in [7, 11) is -6.23. The predicted molar refractivity (Wildman–Crippen MR) is 140 cm³/mol. The van der Waals surface area contributed by atoms with E-state index < -0.39 is 29.2 Å². The van der Waals surface area contributed by atoms with Gasteiger partial charge in [0.2, 0.25) is 10.0 Å². The van der Waals surface area contributed by atoms with E-state index in [1.54, 1.807) is 30.9 Å². The quantitative estimate of drug-likeness (QED) is 0.317. The lowest BCUT2D eigenvalue weighted by molar-refractivity contribution is -0.137. The van der Waals surface area contributed by atoms with Crippen molar-refractivity contribution >= 4 is 57.3 Å². The second kappa shape index (κ2) is 10.7. The molecule has 0 fully saturated rings. The molecule has 0 saturated carbocycles. The van der Waals surface area contributed by atoms with E-state index in [9.17, 15) is 28.0 Å². The van der Waals surface area contributed by atoms with Gasteiger partial charge in [0, 0.05) is 30.3 Å². The van der Waals surface area contributed by atoms with E-state index in [2.05, 4.69) is 5.32 Å². The Hall–Kier alpha value is -2.45. The molecule has 1 heterocycles. The lowest BCUT2D eigenvalue weighted by Gasteiger charge is -2.19. The molecule has 3 N–H and O–H groups in total. The van der Waals surface area contributed by atoms with E-state index in [0.717, 1.165) is 15.8 Å². The van der Waals surface area contributed by atoms with Crippen LogP contribution >= 0.6 is 30.3 Å². The summed E-state index contributed by atoms with van der Waals surface area (Å²) in [6.45, 7) is 1.65. The Balaban J connectivity index is 1.75. The first-order valence-electron chi connectivity index (χ1n) is 10.5. The normalized spacial score (nSPS) is 14.3. The van der Waals surface area contributed by atoms with Crippen molar-refractivity contribution in [3.63, 3.8) is 0 Å². The number of carboxylic acid groups (broad SMARTS) is 1. The number of aliphatic carboxylic acids is 1. The number of phenolic OH excluding ortho intramolecular Hbond substituents is 1. The minimum absolute atomic E-state index is 0.00476. The van der Waals surface area contributed by atoms with Crippen molar-refractivity contribution in [3.8, 4) is 5.75 Å². The van der Waals surface area contributed by atoms with E-state index in [4.69, 9.17) is 23.2 Å². The summed E-state index contributed by atoms with van der Waals surface area (Å²) in [4.78, 5) is 11.9. The number of aryl methyl sites for hydroxylation is 1. The highest BCUT2D eigenvalue weighted by Gasteiger charge is 2.23. The molecule has 3 rings (SSSR count).